The molecule has 8 nitrogen and oxygen atoms in total. The van der Waals surface area contributed by atoms with Crippen LogP contribution in [0.5, 0.6) is 0 Å². The lowest BCUT2D eigenvalue weighted by Gasteiger charge is -2.32. The van der Waals surface area contributed by atoms with Crippen LogP contribution in [0.4, 0.5) is 14.8 Å². The van der Waals surface area contributed by atoms with Crippen LogP contribution in [0.25, 0.3) is 17.0 Å². The first-order valence-electron chi connectivity index (χ1n) is 9.81. The lowest BCUT2D eigenvalue weighted by atomic mass is 10.0. The van der Waals surface area contributed by atoms with Crippen molar-refractivity contribution in [3.8, 4) is 11.5 Å². The van der Waals surface area contributed by atoms with E-state index in [9.17, 15) is 8.78 Å². The van der Waals surface area contributed by atoms with E-state index in [1.54, 1.807) is 16.9 Å². The standard InChI is InChI=1S/C21H14ClF2N7O/c22-16-6-1-3-11-9-15(29-31(11)16)19-18-14(25-10-26-18)7-8-30(19)21-28-27-20(32-21)17-12(23)4-2-5-13(17)24/h1-6,9-10,19H,7-8H2,(H,25,26). The Labute approximate surface area is 184 Å². The Morgan fingerprint density at radius 2 is 1.91 bits per heavy atom. The van der Waals surface area contributed by atoms with Crippen LogP contribution >= 0.6 is 11.6 Å². The quantitative estimate of drug-likeness (QED) is 0.412. The number of rotatable bonds is 3. The van der Waals surface area contributed by atoms with Gasteiger partial charge in [-0.15, -0.1) is 5.10 Å². The van der Waals surface area contributed by atoms with Crippen LogP contribution in [-0.4, -0.2) is 36.3 Å². The smallest absolute Gasteiger partial charge is 0.319 e. The molecule has 0 aliphatic carbocycles. The van der Waals surface area contributed by atoms with E-state index in [0.717, 1.165) is 29.0 Å². The molecule has 32 heavy (non-hydrogen) atoms. The minimum atomic E-state index is -0.778. The second kappa shape index (κ2) is 7.13. The summed E-state index contributed by atoms with van der Waals surface area (Å²) in [6.45, 7) is 0.503. The minimum absolute atomic E-state index is 0.115. The van der Waals surface area contributed by atoms with E-state index >= 15 is 0 Å². The van der Waals surface area contributed by atoms with Gasteiger partial charge in [-0.3, -0.25) is 0 Å². The van der Waals surface area contributed by atoms with Crippen LogP contribution in [0.2, 0.25) is 5.15 Å². The molecule has 160 valence electrons. The fourth-order valence-electron chi connectivity index (χ4n) is 4.05. The Kier molecular flexibility index (Phi) is 4.22. The monoisotopic (exact) mass is 453 g/mol. The first-order valence-corrected chi connectivity index (χ1v) is 10.2. The van der Waals surface area contributed by atoms with E-state index in [0.29, 0.717) is 23.8 Å². The summed E-state index contributed by atoms with van der Waals surface area (Å²) in [4.78, 5) is 9.47. The average molecular weight is 454 g/mol. The zero-order chi connectivity index (χ0) is 21.8. The number of pyridine rings is 1. The number of imidazole rings is 1. The molecule has 4 aromatic heterocycles. The van der Waals surface area contributed by atoms with E-state index in [1.165, 1.54) is 6.07 Å². The summed E-state index contributed by atoms with van der Waals surface area (Å²) in [6.07, 6.45) is 2.27. The van der Waals surface area contributed by atoms with Gasteiger partial charge < -0.3 is 14.3 Å². The van der Waals surface area contributed by atoms with Crippen molar-refractivity contribution >= 4 is 23.1 Å². The molecule has 5 aromatic rings. The Morgan fingerprint density at radius 3 is 2.72 bits per heavy atom. The summed E-state index contributed by atoms with van der Waals surface area (Å²) < 4.78 is 35.8. The molecule has 6 rings (SSSR count). The van der Waals surface area contributed by atoms with Gasteiger partial charge in [0.15, 0.2) is 0 Å². The first-order chi connectivity index (χ1) is 15.6. The van der Waals surface area contributed by atoms with Crippen molar-refractivity contribution in [2.45, 2.75) is 12.5 Å². The van der Waals surface area contributed by atoms with Gasteiger partial charge in [-0.05, 0) is 30.3 Å². The van der Waals surface area contributed by atoms with Crippen molar-refractivity contribution in [3.63, 3.8) is 0 Å². The van der Waals surface area contributed by atoms with Crippen LogP contribution in [0.3, 0.4) is 0 Å². The van der Waals surface area contributed by atoms with Gasteiger partial charge >= 0.3 is 6.01 Å². The highest BCUT2D eigenvalue weighted by Crippen LogP contribution is 2.37. The van der Waals surface area contributed by atoms with Crippen LogP contribution in [0.1, 0.15) is 23.1 Å². The number of H-pyrrole nitrogens is 1. The molecule has 11 heteroatoms. The molecule has 5 heterocycles. The van der Waals surface area contributed by atoms with E-state index in [4.69, 9.17) is 16.0 Å². The minimum Gasteiger partial charge on any atom is -0.403 e. The van der Waals surface area contributed by atoms with E-state index in [1.807, 2.05) is 23.1 Å². The molecule has 0 spiro atoms. The van der Waals surface area contributed by atoms with Gasteiger partial charge in [0.1, 0.15) is 28.4 Å². The molecule has 0 saturated heterocycles. The number of nitrogens with one attached hydrogen (secondary N) is 1. The van der Waals surface area contributed by atoms with Crippen LogP contribution in [0.15, 0.2) is 53.2 Å². The zero-order valence-electron chi connectivity index (χ0n) is 16.3. The molecule has 0 radical (unpaired) electrons. The van der Waals surface area contributed by atoms with Gasteiger partial charge in [0.2, 0.25) is 0 Å². The number of halogens is 3. The summed E-state index contributed by atoms with van der Waals surface area (Å²) in [6, 6.07) is 10.6. The van der Waals surface area contributed by atoms with Gasteiger partial charge in [0.05, 0.1) is 23.2 Å². The molecule has 1 aliphatic rings. The average Bonchev–Trinajstić information content (AvgIpc) is 3.52. The maximum Gasteiger partial charge on any atom is 0.319 e. The number of hydrogen-bond acceptors (Lipinski definition) is 6. The third-order valence-corrected chi connectivity index (χ3v) is 5.79. The van der Waals surface area contributed by atoms with E-state index < -0.39 is 17.7 Å². The molecule has 1 aromatic carbocycles. The summed E-state index contributed by atoms with van der Waals surface area (Å²) in [5.74, 6) is -1.79. The number of hydrogen-bond donors (Lipinski definition) is 1. The molecule has 1 unspecified atom stereocenters. The maximum absolute atomic E-state index is 14.2. The van der Waals surface area contributed by atoms with E-state index in [2.05, 4.69) is 25.3 Å². The summed E-state index contributed by atoms with van der Waals surface area (Å²) in [5, 5.41) is 13.1. The number of fused-ring (bicyclic) bond motifs is 2. The molecule has 0 fully saturated rings. The van der Waals surface area contributed by atoms with Crippen molar-refractivity contribution in [2.24, 2.45) is 0 Å². The Balaban J connectivity index is 1.47. The first kappa shape index (κ1) is 18.9. The number of benzene rings is 1. The van der Waals surface area contributed by atoms with Crippen LogP contribution < -0.4 is 4.90 Å². The molecule has 1 atom stereocenters. The molecular weight excluding hydrogens is 440 g/mol. The third-order valence-electron chi connectivity index (χ3n) is 5.50. The highest BCUT2D eigenvalue weighted by atomic mass is 35.5. The van der Waals surface area contributed by atoms with Crippen molar-refractivity contribution in [1.29, 1.82) is 0 Å². The van der Waals surface area contributed by atoms with E-state index in [-0.39, 0.29) is 17.5 Å². The topological polar surface area (TPSA) is 88.1 Å². The fourth-order valence-corrected chi connectivity index (χ4v) is 4.26. The van der Waals surface area contributed by atoms with Gasteiger partial charge in [-0.25, -0.2) is 18.3 Å². The normalized spacial score (nSPS) is 16.0. The predicted octanol–water partition coefficient (Wildman–Crippen LogP) is 4.19. The number of anilines is 1. The second-order valence-electron chi connectivity index (χ2n) is 7.35. The molecule has 1 aliphatic heterocycles. The molecule has 0 saturated carbocycles. The maximum atomic E-state index is 14.2. The van der Waals surface area contributed by atoms with Crippen molar-refractivity contribution in [2.75, 3.05) is 11.4 Å². The van der Waals surface area contributed by atoms with Gasteiger partial charge in [0.25, 0.3) is 5.89 Å². The Bertz CT molecular complexity index is 1440. The Morgan fingerprint density at radius 1 is 1.09 bits per heavy atom. The number of aromatic nitrogens is 6. The zero-order valence-corrected chi connectivity index (χ0v) is 17.1. The lowest BCUT2D eigenvalue weighted by Crippen LogP contribution is -2.36. The van der Waals surface area contributed by atoms with Crippen molar-refractivity contribution < 1.29 is 13.2 Å². The second-order valence-corrected chi connectivity index (χ2v) is 7.74. The van der Waals surface area contributed by atoms with Gasteiger partial charge in [-0.2, -0.15) is 5.10 Å². The summed E-state index contributed by atoms with van der Waals surface area (Å²) in [7, 11) is 0. The lowest BCUT2D eigenvalue weighted by molar-refractivity contribution is 0.496. The number of aromatic amines is 1. The van der Waals surface area contributed by atoms with Crippen molar-refractivity contribution in [1.82, 2.24) is 29.8 Å². The molecular formula is C21H14ClF2N7O. The Hall–Kier alpha value is -3.79. The van der Waals surface area contributed by atoms with Crippen molar-refractivity contribution in [3.05, 3.63) is 82.7 Å². The molecule has 1 N–H and O–H groups in total. The van der Waals surface area contributed by atoms with Crippen LogP contribution in [0, 0.1) is 11.6 Å². The molecule has 0 bridgehead atoms. The predicted molar refractivity (Wildman–Crippen MR) is 111 cm³/mol. The third kappa shape index (κ3) is 2.87. The van der Waals surface area contributed by atoms with Gasteiger partial charge in [-0.1, -0.05) is 28.8 Å². The highest BCUT2D eigenvalue weighted by Gasteiger charge is 2.36. The molecule has 0 amide bonds. The largest absolute Gasteiger partial charge is 0.403 e. The summed E-state index contributed by atoms with van der Waals surface area (Å²) in [5.41, 5.74) is 2.85. The van der Waals surface area contributed by atoms with Crippen LogP contribution in [-0.2, 0) is 6.42 Å². The van der Waals surface area contributed by atoms with Gasteiger partial charge in [0, 0.05) is 18.7 Å². The summed E-state index contributed by atoms with van der Waals surface area (Å²) >= 11 is 6.30. The SMILES string of the molecule is Fc1cccc(F)c1-c1nnc(N2CCc3[nH]cnc3C2c2cc3cccc(Cl)n3n2)o1. The fraction of sp³-hybridized carbons (Fsp3) is 0.143. The highest BCUT2D eigenvalue weighted by molar-refractivity contribution is 6.29. The number of nitrogens with zero attached hydrogens (tertiary/aromatic N) is 6.